The van der Waals surface area contributed by atoms with Crippen LogP contribution < -0.4 is 5.73 Å². The Morgan fingerprint density at radius 1 is 1.31 bits per heavy atom. The summed E-state index contributed by atoms with van der Waals surface area (Å²) in [7, 11) is 0. The molecule has 0 saturated carbocycles. The second-order valence-corrected chi connectivity index (χ2v) is 4.89. The largest absolute Gasteiger partial charge is 0.387 e. The molecule has 0 bridgehead atoms. The maximum atomic E-state index is 7.37. The lowest BCUT2D eigenvalue weighted by Gasteiger charge is -2.40. The van der Waals surface area contributed by atoms with E-state index in [1.807, 2.05) is 0 Å². The molecule has 1 saturated heterocycles. The molecule has 3 nitrogen and oxygen atoms in total. The van der Waals surface area contributed by atoms with Crippen molar-refractivity contribution in [1.29, 1.82) is 5.41 Å². The van der Waals surface area contributed by atoms with Crippen molar-refractivity contribution >= 4 is 5.84 Å². The Morgan fingerprint density at radius 3 is 2.08 bits per heavy atom. The minimum absolute atomic E-state index is 0.266. The predicted octanol–water partition coefficient (Wildman–Crippen LogP) is 1.43. The molecule has 0 atom stereocenters. The summed E-state index contributed by atoms with van der Waals surface area (Å²) in [6, 6.07) is 0. The van der Waals surface area contributed by atoms with E-state index in [1.54, 1.807) is 0 Å². The molecule has 0 amide bonds. The van der Waals surface area contributed by atoms with Gasteiger partial charge in [-0.3, -0.25) is 10.3 Å². The van der Waals surface area contributed by atoms with Crippen LogP contribution in [-0.4, -0.2) is 29.4 Å². The predicted molar refractivity (Wildman–Crippen MR) is 56.0 cm³/mol. The average Bonchev–Trinajstić information content (AvgIpc) is 2.03. The lowest BCUT2D eigenvalue weighted by molar-refractivity contribution is 0.1000. The van der Waals surface area contributed by atoms with E-state index < -0.39 is 0 Å². The number of nitrogens with one attached hydrogen (secondary N) is 1. The Bertz CT molecular complexity index is 185. The molecule has 76 valence electrons. The minimum atomic E-state index is 0.266. The Balaban J connectivity index is 2.44. The van der Waals surface area contributed by atoms with Crippen LogP contribution in [0.15, 0.2) is 0 Å². The number of amidine groups is 1. The fourth-order valence-electron chi connectivity index (χ4n) is 1.86. The van der Waals surface area contributed by atoms with Gasteiger partial charge in [0.25, 0.3) is 0 Å². The minimum Gasteiger partial charge on any atom is -0.387 e. The van der Waals surface area contributed by atoms with Crippen molar-refractivity contribution < 1.29 is 0 Å². The highest BCUT2D eigenvalue weighted by Crippen LogP contribution is 2.23. The number of hydrogen-bond acceptors (Lipinski definition) is 2. The first-order valence-electron chi connectivity index (χ1n) is 5.00. The van der Waals surface area contributed by atoms with Crippen LogP contribution in [0, 0.1) is 11.3 Å². The Morgan fingerprint density at radius 2 is 1.77 bits per heavy atom. The molecule has 0 aromatic carbocycles. The van der Waals surface area contributed by atoms with E-state index in [-0.39, 0.29) is 5.54 Å². The quantitative estimate of drug-likeness (QED) is 0.477. The van der Waals surface area contributed by atoms with Crippen molar-refractivity contribution in [3.63, 3.8) is 0 Å². The third-order valence-electron chi connectivity index (χ3n) is 2.88. The standard InChI is InChI=1S/C10H21N3/c1-10(2,3)13-6-4-8(5-7-13)9(11)12/h8H,4-7H2,1-3H3,(H3,11,12). The molecule has 1 heterocycles. The van der Waals surface area contributed by atoms with Gasteiger partial charge in [-0.2, -0.15) is 0 Å². The maximum Gasteiger partial charge on any atom is 0.0937 e. The van der Waals surface area contributed by atoms with Gasteiger partial charge >= 0.3 is 0 Å². The molecule has 0 aromatic heterocycles. The highest BCUT2D eigenvalue weighted by molar-refractivity contribution is 5.79. The van der Waals surface area contributed by atoms with Crippen LogP contribution in [0.2, 0.25) is 0 Å². The molecular formula is C10H21N3. The zero-order valence-corrected chi connectivity index (χ0v) is 8.93. The van der Waals surface area contributed by atoms with Gasteiger partial charge in [0.05, 0.1) is 5.84 Å². The topological polar surface area (TPSA) is 53.1 Å². The smallest absolute Gasteiger partial charge is 0.0937 e. The van der Waals surface area contributed by atoms with E-state index in [9.17, 15) is 0 Å². The van der Waals surface area contributed by atoms with E-state index in [0.717, 1.165) is 25.9 Å². The molecule has 1 fully saturated rings. The highest BCUT2D eigenvalue weighted by atomic mass is 15.2. The van der Waals surface area contributed by atoms with Crippen LogP contribution in [-0.2, 0) is 0 Å². The van der Waals surface area contributed by atoms with Gasteiger partial charge in [-0.25, -0.2) is 0 Å². The van der Waals surface area contributed by atoms with Crippen molar-refractivity contribution in [3.8, 4) is 0 Å². The molecule has 3 heteroatoms. The van der Waals surface area contributed by atoms with Crippen molar-refractivity contribution in [1.82, 2.24) is 4.90 Å². The summed E-state index contributed by atoms with van der Waals surface area (Å²) >= 11 is 0. The molecule has 0 spiro atoms. The van der Waals surface area contributed by atoms with Crippen molar-refractivity contribution in [3.05, 3.63) is 0 Å². The summed E-state index contributed by atoms with van der Waals surface area (Å²) < 4.78 is 0. The van der Waals surface area contributed by atoms with Crippen LogP contribution in [0.5, 0.6) is 0 Å². The number of nitrogens with two attached hydrogens (primary N) is 1. The van der Waals surface area contributed by atoms with E-state index in [4.69, 9.17) is 11.1 Å². The Labute approximate surface area is 80.8 Å². The zero-order valence-electron chi connectivity index (χ0n) is 8.93. The molecule has 1 aliphatic rings. The third-order valence-corrected chi connectivity index (χ3v) is 2.88. The summed E-state index contributed by atoms with van der Waals surface area (Å²) in [5.41, 5.74) is 5.75. The summed E-state index contributed by atoms with van der Waals surface area (Å²) in [4.78, 5) is 2.46. The summed E-state index contributed by atoms with van der Waals surface area (Å²) in [5.74, 6) is 0.701. The Hall–Kier alpha value is -0.570. The average molecular weight is 183 g/mol. The second-order valence-electron chi connectivity index (χ2n) is 4.89. The van der Waals surface area contributed by atoms with Crippen LogP contribution in [0.4, 0.5) is 0 Å². The van der Waals surface area contributed by atoms with Gasteiger partial charge in [0, 0.05) is 11.5 Å². The van der Waals surface area contributed by atoms with E-state index >= 15 is 0 Å². The SMILES string of the molecule is CC(C)(C)N1CCC(C(=N)N)CC1. The fraction of sp³-hybridized carbons (Fsp3) is 0.900. The van der Waals surface area contributed by atoms with Gasteiger partial charge in [-0.05, 0) is 46.7 Å². The molecule has 13 heavy (non-hydrogen) atoms. The van der Waals surface area contributed by atoms with Crippen molar-refractivity contribution in [2.24, 2.45) is 11.7 Å². The lowest BCUT2D eigenvalue weighted by Crippen LogP contribution is -2.47. The van der Waals surface area contributed by atoms with Crippen LogP contribution in [0.3, 0.4) is 0 Å². The van der Waals surface area contributed by atoms with Gasteiger partial charge in [0.2, 0.25) is 0 Å². The molecule has 1 rings (SSSR count). The summed E-state index contributed by atoms with van der Waals surface area (Å²) in [6.45, 7) is 8.87. The summed E-state index contributed by atoms with van der Waals surface area (Å²) in [5, 5.41) is 7.37. The molecule has 0 unspecified atom stereocenters. The monoisotopic (exact) mass is 183 g/mol. The number of rotatable bonds is 1. The molecule has 3 N–H and O–H groups in total. The van der Waals surface area contributed by atoms with Crippen LogP contribution in [0.1, 0.15) is 33.6 Å². The summed E-state index contributed by atoms with van der Waals surface area (Å²) in [6.07, 6.45) is 2.10. The van der Waals surface area contributed by atoms with E-state index in [0.29, 0.717) is 11.8 Å². The van der Waals surface area contributed by atoms with Gasteiger partial charge < -0.3 is 5.73 Å². The van der Waals surface area contributed by atoms with Crippen LogP contribution in [0.25, 0.3) is 0 Å². The molecule has 0 aromatic rings. The first-order chi connectivity index (χ1) is 5.91. The Kier molecular flexibility index (Phi) is 2.96. The van der Waals surface area contributed by atoms with E-state index in [2.05, 4.69) is 25.7 Å². The zero-order chi connectivity index (χ0) is 10.1. The molecule has 0 radical (unpaired) electrons. The number of likely N-dealkylation sites (tertiary alicyclic amines) is 1. The normalized spacial score (nSPS) is 21.8. The van der Waals surface area contributed by atoms with Gasteiger partial charge in [0.15, 0.2) is 0 Å². The van der Waals surface area contributed by atoms with Crippen molar-refractivity contribution in [2.75, 3.05) is 13.1 Å². The van der Waals surface area contributed by atoms with E-state index in [1.165, 1.54) is 0 Å². The first-order valence-corrected chi connectivity index (χ1v) is 5.00. The first kappa shape index (κ1) is 10.5. The van der Waals surface area contributed by atoms with Crippen molar-refractivity contribution in [2.45, 2.75) is 39.2 Å². The number of piperidine rings is 1. The fourth-order valence-corrected chi connectivity index (χ4v) is 1.86. The van der Waals surface area contributed by atoms with Gasteiger partial charge in [-0.15, -0.1) is 0 Å². The lowest BCUT2D eigenvalue weighted by atomic mass is 9.92. The third kappa shape index (κ3) is 2.69. The number of hydrogen-bond donors (Lipinski definition) is 2. The van der Waals surface area contributed by atoms with Gasteiger partial charge in [-0.1, -0.05) is 0 Å². The molecular weight excluding hydrogens is 162 g/mol. The maximum absolute atomic E-state index is 7.37. The van der Waals surface area contributed by atoms with Gasteiger partial charge in [0.1, 0.15) is 0 Å². The highest BCUT2D eigenvalue weighted by Gasteiger charge is 2.27. The molecule has 0 aliphatic carbocycles. The number of nitrogens with zero attached hydrogens (tertiary/aromatic N) is 1. The second kappa shape index (κ2) is 3.66. The van der Waals surface area contributed by atoms with Crippen LogP contribution >= 0.6 is 0 Å². The molecule has 1 aliphatic heterocycles.